The summed E-state index contributed by atoms with van der Waals surface area (Å²) in [4.78, 5) is 14.7. The van der Waals surface area contributed by atoms with Crippen LogP contribution in [0.15, 0.2) is 84.9 Å². The number of hydrogen-bond acceptors (Lipinski definition) is 3. The van der Waals surface area contributed by atoms with Crippen molar-refractivity contribution >= 4 is 13.2 Å². The van der Waals surface area contributed by atoms with Crippen LogP contribution in [0, 0.1) is 36.1 Å². The Morgan fingerprint density at radius 2 is 1.22 bits per heavy atom. The first kappa shape index (κ1) is 34.6. The molecule has 0 radical (unpaired) electrons. The van der Waals surface area contributed by atoms with Gasteiger partial charge in [-0.25, -0.2) is 0 Å². The second-order valence-electron chi connectivity index (χ2n) is 6.77. The van der Waals surface area contributed by atoms with Crippen LogP contribution in [0.1, 0.15) is 40.9 Å². The van der Waals surface area contributed by atoms with Gasteiger partial charge >= 0.3 is 27.7 Å². The molecule has 0 heterocycles. The van der Waals surface area contributed by atoms with Gasteiger partial charge in [-0.3, -0.25) is 4.79 Å². The number of halogens is 4. The van der Waals surface area contributed by atoms with E-state index in [4.69, 9.17) is 10.5 Å². The summed E-state index contributed by atoms with van der Waals surface area (Å²) >= 11 is 0. The summed E-state index contributed by atoms with van der Waals surface area (Å²) in [5, 5.41) is 14.6. The molecular weight excluding hydrogens is 564 g/mol. The summed E-state index contributed by atoms with van der Waals surface area (Å²) in [5.74, 6) is 0.0000260. The zero-order valence-electron chi connectivity index (χ0n) is 20.0. The molecule has 3 rings (SSSR count). The molecule has 0 aliphatic carbocycles. The fourth-order valence-corrected chi connectivity index (χ4v) is 2.54. The molecule has 3 aromatic rings. The van der Waals surface area contributed by atoms with Gasteiger partial charge in [0.2, 0.25) is 5.91 Å². The van der Waals surface area contributed by atoms with Crippen molar-refractivity contribution < 1.29 is 42.5 Å². The van der Waals surface area contributed by atoms with Crippen molar-refractivity contribution in [3.63, 3.8) is 0 Å². The predicted octanol–water partition coefficient (Wildman–Crippen LogP) is 7.20. The number of nitriles is 2. The topological polar surface area (TPSA) is 67.9 Å². The molecule has 0 N–H and O–H groups in total. The number of benzene rings is 3. The average molecular weight is 590 g/mol. The Labute approximate surface area is 223 Å². The van der Waals surface area contributed by atoms with Crippen LogP contribution in [0.2, 0.25) is 0 Å². The second kappa shape index (κ2) is 19.7. The van der Waals surface area contributed by atoms with Crippen molar-refractivity contribution in [1.29, 1.82) is 10.5 Å². The molecule has 1 amide bonds. The van der Waals surface area contributed by atoms with E-state index in [1.165, 1.54) is 19.4 Å². The number of amides is 1. The van der Waals surface area contributed by atoms with Crippen LogP contribution in [0.3, 0.4) is 0 Å². The molecule has 0 spiro atoms. The molecule has 0 saturated heterocycles. The molecule has 0 aromatic heterocycles. The molecule has 0 unspecified atom stereocenters. The van der Waals surface area contributed by atoms with Crippen molar-refractivity contribution in [2.75, 3.05) is 0 Å². The van der Waals surface area contributed by atoms with Gasteiger partial charge in [0.05, 0.1) is 12.1 Å². The van der Waals surface area contributed by atoms with E-state index in [0.29, 0.717) is 12.1 Å². The maximum Gasteiger partial charge on any atom is 2.00 e. The number of aryl methyl sites for hydroxylation is 1. The first-order chi connectivity index (χ1) is 16.5. The van der Waals surface area contributed by atoms with Crippen LogP contribution in [0.5, 0.6) is 0 Å². The Bertz CT molecular complexity index is 1050. The molecule has 36 heavy (non-hydrogen) atoms. The van der Waals surface area contributed by atoms with Gasteiger partial charge in [-0.1, -0.05) is 60.6 Å². The van der Waals surface area contributed by atoms with Gasteiger partial charge in [0.1, 0.15) is 0 Å². The summed E-state index contributed by atoms with van der Waals surface area (Å²) in [6.07, 6.45) is 0. The van der Waals surface area contributed by atoms with E-state index in [2.05, 4.69) is 19.1 Å². The van der Waals surface area contributed by atoms with E-state index in [9.17, 15) is 22.1 Å². The summed E-state index contributed by atoms with van der Waals surface area (Å²) in [5.41, 5.74) is 4.01. The molecule has 10 heteroatoms. The van der Waals surface area contributed by atoms with Gasteiger partial charge in [0.25, 0.3) is 0 Å². The van der Waals surface area contributed by atoms with Crippen LogP contribution >= 0.6 is 0 Å². The molecule has 192 valence electrons. The molecule has 0 aliphatic rings. The van der Waals surface area contributed by atoms with Gasteiger partial charge < -0.3 is 22.2 Å². The van der Waals surface area contributed by atoms with E-state index in [0.717, 1.165) is 11.1 Å². The van der Waals surface area contributed by atoms with Crippen molar-refractivity contribution in [3.8, 4) is 12.1 Å². The minimum Gasteiger partial charge on any atom is -0.418 e. The Kier molecular flexibility index (Phi) is 18.9. The summed E-state index contributed by atoms with van der Waals surface area (Å²) in [6.45, 7) is 7.38. The van der Waals surface area contributed by atoms with Gasteiger partial charge in [0, 0.05) is 26.0 Å². The summed E-state index contributed by atoms with van der Waals surface area (Å²) < 4.78 is 39.0. The Balaban J connectivity index is 0. The Morgan fingerprint density at radius 1 is 0.833 bits per heavy atom. The van der Waals surface area contributed by atoms with Gasteiger partial charge in [0.15, 0.2) is 0 Å². The van der Waals surface area contributed by atoms with Crippen molar-refractivity contribution in [2.45, 2.75) is 27.3 Å². The van der Waals surface area contributed by atoms with E-state index in [1.54, 1.807) is 17.0 Å². The van der Waals surface area contributed by atoms with E-state index in [1.807, 2.05) is 79.3 Å². The number of nitrogens with zero attached hydrogens (tertiary/aromatic N) is 3. The Hall–Kier alpha value is -3.57. The number of rotatable bonds is 5. The zero-order valence-corrected chi connectivity index (χ0v) is 21.6. The average Bonchev–Trinajstić information content (AvgIpc) is 2.81. The SMILES string of the molecule is CC#N.CC#N.Cc1ccc([CH-]N(Cc2ccccc2)C(=O)c2ccccc2)cc1.F[B-](F)(F)F.[Pd+2]. The predicted molar refractivity (Wildman–Crippen MR) is 130 cm³/mol. The van der Waals surface area contributed by atoms with Crippen LogP contribution in [0.25, 0.3) is 0 Å². The first-order valence-electron chi connectivity index (χ1n) is 10.4. The summed E-state index contributed by atoms with van der Waals surface area (Å²) in [7, 11) is -6.00. The smallest absolute Gasteiger partial charge is 0.418 e. The number of hydrogen-bond donors (Lipinski definition) is 0. The summed E-state index contributed by atoms with van der Waals surface area (Å²) in [6, 6.07) is 31.1. The van der Waals surface area contributed by atoms with E-state index >= 15 is 0 Å². The standard InChI is InChI=1S/C22H20NO.2C2H3N.BF4.Pd/c1-18-12-14-20(15-13-18)17-23(16-19-8-4-2-5-9-19)22(24)21-10-6-3-7-11-21;2*1-2-3;2-1(3,4)5;/h2-15,17H,16H2,1H3;2*1H3;;/q-1;;;-1;+2. The van der Waals surface area contributed by atoms with Crippen LogP contribution < -0.4 is 0 Å². The minimum absolute atomic E-state index is 0. The minimum atomic E-state index is -6.00. The molecule has 4 nitrogen and oxygen atoms in total. The third-order valence-corrected chi connectivity index (χ3v) is 3.86. The molecule has 0 fully saturated rings. The van der Waals surface area contributed by atoms with Crippen molar-refractivity contribution in [1.82, 2.24) is 4.90 Å². The van der Waals surface area contributed by atoms with Gasteiger partial charge in [-0.05, 0) is 24.6 Å². The van der Waals surface area contributed by atoms with Crippen molar-refractivity contribution in [2.24, 2.45) is 0 Å². The monoisotopic (exact) mass is 589 g/mol. The van der Waals surface area contributed by atoms with Gasteiger partial charge in [-0.15, -0.1) is 12.1 Å². The molecule has 0 atom stereocenters. The van der Waals surface area contributed by atoms with Crippen LogP contribution in [-0.4, -0.2) is 18.1 Å². The molecular formula is C26H26BF4N3OPd. The van der Waals surface area contributed by atoms with Crippen LogP contribution in [-0.2, 0) is 27.0 Å². The largest absolute Gasteiger partial charge is 2.00 e. The van der Waals surface area contributed by atoms with Gasteiger partial charge in [-0.2, -0.15) is 28.2 Å². The molecule has 0 bridgehead atoms. The first-order valence-corrected chi connectivity index (χ1v) is 10.4. The second-order valence-corrected chi connectivity index (χ2v) is 6.77. The zero-order chi connectivity index (χ0) is 26.7. The third-order valence-electron chi connectivity index (χ3n) is 3.86. The molecule has 0 aliphatic heterocycles. The Morgan fingerprint density at radius 3 is 1.64 bits per heavy atom. The van der Waals surface area contributed by atoms with E-state index in [-0.39, 0.29) is 26.3 Å². The molecule has 3 aromatic carbocycles. The number of carbonyl (C=O) groups excluding carboxylic acids is 1. The number of carbonyl (C=O) groups is 1. The van der Waals surface area contributed by atoms with Crippen molar-refractivity contribution in [3.05, 3.63) is 114 Å². The fraction of sp³-hybridized carbons (Fsp3) is 0.154. The fourth-order valence-electron chi connectivity index (χ4n) is 2.54. The maximum atomic E-state index is 12.9. The third kappa shape index (κ3) is 17.8. The quantitative estimate of drug-likeness (QED) is 0.180. The normalized spacial score (nSPS) is 8.92. The molecule has 0 saturated carbocycles. The maximum absolute atomic E-state index is 12.9. The van der Waals surface area contributed by atoms with E-state index < -0.39 is 7.25 Å². The van der Waals surface area contributed by atoms with Crippen LogP contribution in [0.4, 0.5) is 17.3 Å².